The summed E-state index contributed by atoms with van der Waals surface area (Å²) in [6.45, 7) is 4.32. The molecule has 0 radical (unpaired) electrons. The van der Waals surface area contributed by atoms with E-state index in [2.05, 4.69) is 255 Å². The first-order valence-electron chi connectivity index (χ1n) is 23.3. The molecule has 15 rings (SSSR count). The van der Waals surface area contributed by atoms with Crippen LogP contribution in [0.15, 0.2) is 220 Å². The van der Waals surface area contributed by atoms with E-state index in [1.807, 2.05) is 6.08 Å². The SMILES string of the molecule is C=Cc1ccccc1-c1ccccc1[C@H]1c2cc(Br)ccc2-c2c3c(c4c(c21)C1(c2ccccc2-c2ccccc21)c1cc(Br)ccc1-4)C1(c2ccccc2-c2ccccc21)c1cc(Br)ccc1-3. The molecule has 0 bridgehead atoms. The molecule has 0 aliphatic heterocycles. The third kappa shape index (κ3) is 4.66. The van der Waals surface area contributed by atoms with Gasteiger partial charge in [-0.1, -0.05) is 224 Å². The summed E-state index contributed by atoms with van der Waals surface area (Å²) < 4.78 is 3.23. The molecule has 0 amide bonds. The summed E-state index contributed by atoms with van der Waals surface area (Å²) in [7, 11) is 0. The second-order valence-corrected chi connectivity index (χ2v) is 21.6. The van der Waals surface area contributed by atoms with Gasteiger partial charge in [0.2, 0.25) is 0 Å². The van der Waals surface area contributed by atoms with E-state index >= 15 is 0 Å². The van der Waals surface area contributed by atoms with E-state index in [4.69, 9.17) is 0 Å². The second-order valence-electron chi connectivity index (χ2n) is 18.9. The zero-order valence-corrected chi connectivity index (χ0v) is 41.3. The molecule has 0 N–H and O–H groups in total. The quantitative estimate of drug-likeness (QED) is 0.165. The second kappa shape index (κ2) is 14.0. The molecule has 68 heavy (non-hydrogen) atoms. The van der Waals surface area contributed by atoms with Gasteiger partial charge in [-0.25, -0.2) is 0 Å². The molecule has 0 saturated heterocycles. The van der Waals surface area contributed by atoms with E-state index in [0.29, 0.717) is 0 Å². The number of benzene rings is 10. The first-order valence-corrected chi connectivity index (χ1v) is 25.7. The van der Waals surface area contributed by atoms with Crippen molar-refractivity contribution in [1.29, 1.82) is 0 Å². The maximum atomic E-state index is 4.32. The van der Waals surface area contributed by atoms with Crippen LogP contribution >= 0.6 is 47.8 Å². The van der Waals surface area contributed by atoms with Gasteiger partial charge >= 0.3 is 0 Å². The van der Waals surface area contributed by atoms with Crippen molar-refractivity contribution in [3.63, 3.8) is 0 Å². The summed E-state index contributed by atoms with van der Waals surface area (Å²) in [4.78, 5) is 0. The highest BCUT2D eigenvalue weighted by Gasteiger charge is 2.61. The van der Waals surface area contributed by atoms with Gasteiger partial charge in [0.1, 0.15) is 0 Å². The normalized spacial score (nSPS) is 15.7. The first-order chi connectivity index (χ1) is 33.5. The van der Waals surface area contributed by atoms with Crippen LogP contribution in [0.4, 0.5) is 0 Å². The van der Waals surface area contributed by atoms with E-state index in [-0.39, 0.29) is 5.92 Å². The van der Waals surface area contributed by atoms with Crippen molar-refractivity contribution < 1.29 is 0 Å². The van der Waals surface area contributed by atoms with Crippen LogP contribution in [0, 0.1) is 0 Å². The first kappa shape index (κ1) is 39.4. The van der Waals surface area contributed by atoms with E-state index in [9.17, 15) is 0 Å². The summed E-state index contributed by atoms with van der Waals surface area (Å²) in [6.07, 6.45) is 2.01. The van der Waals surface area contributed by atoms with Crippen LogP contribution in [0.3, 0.4) is 0 Å². The molecule has 3 heteroatoms. The van der Waals surface area contributed by atoms with Crippen LogP contribution in [-0.4, -0.2) is 0 Å². The molecule has 5 aliphatic carbocycles. The summed E-state index contributed by atoms with van der Waals surface area (Å²) in [5.74, 6) is -0.126. The van der Waals surface area contributed by atoms with Gasteiger partial charge in [0.05, 0.1) is 10.8 Å². The fourth-order valence-electron chi connectivity index (χ4n) is 14.0. The van der Waals surface area contributed by atoms with E-state index in [0.717, 1.165) is 19.0 Å². The van der Waals surface area contributed by atoms with Gasteiger partial charge in [0.25, 0.3) is 0 Å². The molecule has 0 nitrogen and oxygen atoms in total. The Morgan fingerprint density at radius 1 is 0.338 bits per heavy atom. The molecule has 318 valence electrons. The van der Waals surface area contributed by atoms with Gasteiger partial charge < -0.3 is 0 Å². The highest BCUT2D eigenvalue weighted by molar-refractivity contribution is 9.11. The number of halogens is 3. The van der Waals surface area contributed by atoms with Crippen molar-refractivity contribution >= 4 is 53.9 Å². The molecule has 0 aromatic heterocycles. The van der Waals surface area contributed by atoms with Crippen LogP contribution in [0.25, 0.3) is 72.8 Å². The molecule has 10 aromatic rings. The van der Waals surface area contributed by atoms with E-state index in [1.165, 1.54) is 128 Å². The van der Waals surface area contributed by atoms with Gasteiger partial charge in [-0.3, -0.25) is 0 Å². The maximum absolute atomic E-state index is 4.32. The van der Waals surface area contributed by atoms with E-state index < -0.39 is 10.8 Å². The summed E-state index contributed by atoms with van der Waals surface area (Å²) in [5.41, 5.74) is 30.1. The summed E-state index contributed by atoms with van der Waals surface area (Å²) >= 11 is 12.2. The molecule has 0 saturated carbocycles. The van der Waals surface area contributed by atoms with E-state index in [1.54, 1.807) is 0 Å². The minimum absolute atomic E-state index is 0.126. The van der Waals surface area contributed by atoms with Crippen molar-refractivity contribution in [3.05, 3.63) is 287 Å². The highest BCUT2D eigenvalue weighted by atomic mass is 79.9. The molecular formula is C65H37Br3. The third-order valence-corrected chi connectivity index (χ3v) is 17.6. The molecule has 0 heterocycles. The zero-order chi connectivity index (χ0) is 45.2. The smallest absolute Gasteiger partial charge is 0.0732 e. The number of rotatable bonds is 3. The average molecular weight is 1060 g/mol. The molecule has 10 aromatic carbocycles. The van der Waals surface area contributed by atoms with Gasteiger partial charge in [-0.15, -0.1) is 0 Å². The Labute approximate surface area is 421 Å². The van der Waals surface area contributed by atoms with Crippen LogP contribution < -0.4 is 0 Å². The number of fused-ring (bicyclic) bond motifs is 26. The van der Waals surface area contributed by atoms with Gasteiger partial charge in [-0.05, 0) is 170 Å². The lowest BCUT2D eigenvalue weighted by molar-refractivity contribution is 0.764. The molecule has 0 unspecified atom stereocenters. The maximum Gasteiger partial charge on any atom is 0.0732 e. The number of hydrogen-bond donors (Lipinski definition) is 0. The molecule has 2 spiro atoms. The van der Waals surface area contributed by atoms with Crippen LogP contribution in [0.1, 0.15) is 72.7 Å². The van der Waals surface area contributed by atoms with Crippen molar-refractivity contribution in [1.82, 2.24) is 0 Å². The fraction of sp³-hybridized carbons (Fsp3) is 0.0462. The lowest BCUT2D eigenvalue weighted by atomic mass is 9.64. The van der Waals surface area contributed by atoms with Gasteiger partial charge in [0.15, 0.2) is 0 Å². The Kier molecular flexibility index (Phi) is 8.10. The zero-order valence-electron chi connectivity index (χ0n) is 36.5. The van der Waals surface area contributed by atoms with Gasteiger partial charge in [-0.2, -0.15) is 0 Å². The molecule has 0 fully saturated rings. The molecular weight excluding hydrogens is 1020 g/mol. The van der Waals surface area contributed by atoms with Crippen LogP contribution in [0.5, 0.6) is 0 Å². The third-order valence-electron chi connectivity index (χ3n) is 16.1. The predicted molar refractivity (Wildman–Crippen MR) is 290 cm³/mol. The van der Waals surface area contributed by atoms with Gasteiger partial charge in [0, 0.05) is 19.3 Å². The Balaban J connectivity index is 1.23. The van der Waals surface area contributed by atoms with Crippen molar-refractivity contribution in [3.8, 4) is 66.8 Å². The van der Waals surface area contributed by atoms with Crippen LogP contribution in [0.2, 0.25) is 0 Å². The minimum Gasteiger partial charge on any atom is -0.0984 e. The summed E-state index contributed by atoms with van der Waals surface area (Å²) in [6, 6.07) is 76.3. The minimum atomic E-state index is -0.652. The van der Waals surface area contributed by atoms with Crippen molar-refractivity contribution in [2.24, 2.45) is 0 Å². The number of hydrogen-bond acceptors (Lipinski definition) is 0. The Morgan fingerprint density at radius 2 is 0.765 bits per heavy atom. The Hall–Kier alpha value is -6.62. The lowest BCUT2D eigenvalue weighted by Crippen LogP contribution is -2.30. The Bertz CT molecular complexity index is 3850. The van der Waals surface area contributed by atoms with Crippen LogP contribution in [-0.2, 0) is 10.8 Å². The molecule has 1 atom stereocenters. The fourth-order valence-corrected chi connectivity index (χ4v) is 15.1. The topological polar surface area (TPSA) is 0 Å². The standard InChI is InChI=1S/C65H37Br3/c1-2-36-15-3-4-16-40(36)41-17-5-6-22-46(41)57-50-33-37(66)27-30-47(50)58-59-48-31-28-38(67)34-55(48)64(51-23-11-7-18-42(51)43-19-8-12-24-52(43)64)62(59)60-49-32-29-39(68)35-56(49)65(63(60)61(57)58)53-25-13-9-20-44(53)45-21-10-14-26-54(45)65/h2-35,57H,1H2/t57-/m0/s1. The monoisotopic (exact) mass is 1050 g/mol. The average Bonchev–Trinajstić information content (AvgIpc) is 4.13. The largest absolute Gasteiger partial charge is 0.0984 e. The highest BCUT2D eigenvalue weighted by Crippen LogP contribution is 2.75. The van der Waals surface area contributed by atoms with Crippen molar-refractivity contribution in [2.75, 3.05) is 0 Å². The Morgan fingerprint density at radius 3 is 1.31 bits per heavy atom. The van der Waals surface area contributed by atoms with Crippen molar-refractivity contribution in [2.45, 2.75) is 16.7 Å². The predicted octanol–water partition coefficient (Wildman–Crippen LogP) is 18.1. The molecule has 5 aliphatic rings. The summed E-state index contributed by atoms with van der Waals surface area (Å²) in [5, 5.41) is 0. The lowest BCUT2D eigenvalue weighted by Gasteiger charge is -2.36.